The molecule has 1 heterocycles. The van der Waals surface area contributed by atoms with Crippen LogP contribution in [0.5, 0.6) is 0 Å². The summed E-state index contributed by atoms with van der Waals surface area (Å²) < 4.78 is 0. The smallest absolute Gasteiger partial charge is 0.229 e. The summed E-state index contributed by atoms with van der Waals surface area (Å²) in [6, 6.07) is 8.47. The zero-order valence-corrected chi connectivity index (χ0v) is 14.5. The maximum Gasteiger partial charge on any atom is 0.229 e. The maximum absolute atomic E-state index is 12.1. The Balaban J connectivity index is 2.09. The molecule has 0 aliphatic heterocycles. The molecule has 0 aliphatic carbocycles. The van der Waals surface area contributed by atoms with E-state index in [9.17, 15) is 4.79 Å². The predicted octanol–water partition coefficient (Wildman–Crippen LogP) is 5.31. The van der Waals surface area contributed by atoms with Crippen molar-refractivity contribution in [3.8, 4) is 11.3 Å². The Morgan fingerprint density at radius 1 is 1.18 bits per heavy atom. The van der Waals surface area contributed by atoms with Crippen molar-refractivity contribution >= 4 is 22.4 Å². The molecule has 0 unspecified atom stereocenters. The average Bonchev–Trinajstić information content (AvgIpc) is 2.97. The summed E-state index contributed by atoms with van der Waals surface area (Å²) in [7, 11) is 0. The number of aromatic nitrogens is 1. The number of anilines is 1. The predicted molar refractivity (Wildman–Crippen MR) is 94.3 cm³/mol. The van der Waals surface area contributed by atoms with Gasteiger partial charge in [-0.25, -0.2) is 4.98 Å². The van der Waals surface area contributed by atoms with Crippen LogP contribution in [0.4, 0.5) is 5.13 Å². The van der Waals surface area contributed by atoms with Crippen molar-refractivity contribution in [2.75, 3.05) is 5.32 Å². The molecule has 1 N–H and O–H groups in total. The van der Waals surface area contributed by atoms with Gasteiger partial charge < -0.3 is 5.32 Å². The monoisotopic (exact) mass is 316 g/mol. The number of thiazole rings is 1. The second-order valence-electron chi connectivity index (χ2n) is 5.82. The summed E-state index contributed by atoms with van der Waals surface area (Å²) in [6.07, 6.45) is 1.72. The number of benzene rings is 1. The highest BCUT2D eigenvalue weighted by Gasteiger charge is 2.15. The van der Waals surface area contributed by atoms with E-state index in [-0.39, 0.29) is 11.8 Å². The number of carbonyl (C=O) groups excluding carboxylic acids is 1. The topological polar surface area (TPSA) is 42.0 Å². The molecule has 0 spiro atoms. The van der Waals surface area contributed by atoms with Gasteiger partial charge >= 0.3 is 0 Å². The zero-order valence-electron chi connectivity index (χ0n) is 13.7. The van der Waals surface area contributed by atoms with Crippen LogP contribution in [0.2, 0.25) is 0 Å². The molecule has 2 aromatic rings. The van der Waals surface area contributed by atoms with Crippen LogP contribution >= 0.6 is 11.3 Å². The fourth-order valence-electron chi connectivity index (χ4n) is 2.37. The van der Waals surface area contributed by atoms with Gasteiger partial charge in [-0.1, -0.05) is 52.0 Å². The lowest BCUT2D eigenvalue weighted by Gasteiger charge is -2.10. The second-order valence-corrected chi connectivity index (χ2v) is 6.68. The molecule has 118 valence electrons. The number of hydrogen-bond acceptors (Lipinski definition) is 3. The molecule has 0 fully saturated rings. The fourth-order valence-corrected chi connectivity index (χ4v) is 3.09. The Morgan fingerprint density at radius 3 is 2.36 bits per heavy atom. The maximum atomic E-state index is 12.1. The minimum atomic E-state index is 0.0673. The average molecular weight is 316 g/mol. The first-order valence-electron chi connectivity index (χ1n) is 7.91. The lowest BCUT2D eigenvalue weighted by molar-refractivity contribution is -0.120. The van der Waals surface area contributed by atoms with Crippen LogP contribution in [0.15, 0.2) is 29.6 Å². The van der Waals surface area contributed by atoms with Crippen LogP contribution in [0.1, 0.15) is 52.0 Å². The number of hydrogen-bond donors (Lipinski definition) is 1. The molecular weight excluding hydrogens is 292 g/mol. The highest BCUT2D eigenvalue weighted by molar-refractivity contribution is 7.14. The van der Waals surface area contributed by atoms with Crippen LogP contribution in [0.25, 0.3) is 11.3 Å². The molecule has 4 heteroatoms. The van der Waals surface area contributed by atoms with Crippen LogP contribution in [0.3, 0.4) is 0 Å². The van der Waals surface area contributed by atoms with Gasteiger partial charge in [-0.3, -0.25) is 4.79 Å². The highest BCUT2D eigenvalue weighted by atomic mass is 32.1. The van der Waals surface area contributed by atoms with Gasteiger partial charge in [0.2, 0.25) is 5.91 Å². The first-order valence-corrected chi connectivity index (χ1v) is 8.79. The summed E-state index contributed by atoms with van der Waals surface area (Å²) in [5.41, 5.74) is 3.32. The fraction of sp³-hybridized carbons (Fsp3) is 0.444. The molecule has 1 amide bonds. The summed E-state index contributed by atoms with van der Waals surface area (Å²) in [5.74, 6) is 0.665. The standard InChI is InChI=1S/C18H24N2OS/c1-5-13(6-2)17(21)20-18-19-16(11-22-18)15-9-7-14(8-10-15)12(3)4/h7-13H,5-6H2,1-4H3,(H,19,20,21). The molecule has 0 bridgehead atoms. The van der Waals surface area contributed by atoms with Crippen molar-refractivity contribution in [3.63, 3.8) is 0 Å². The largest absolute Gasteiger partial charge is 0.302 e. The summed E-state index contributed by atoms with van der Waals surface area (Å²) in [4.78, 5) is 16.6. The van der Waals surface area contributed by atoms with Gasteiger partial charge in [0, 0.05) is 16.9 Å². The van der Waals surface area contributed by atoms with E-state index >= 15 is 0 Å². The van der Waals surface area contributed by atoms with Crippen molar-refractivity contribution in [1.82, 2.24) is 4.98 Å². The number of nitrogens with zero attached hydrogens (tertiary/aromatic N) is 1. The Kier molecular flexibility index (Phi) is 5.72. The quantitative estimate of drug-likeness (QED) is 0.785. The van der Waals surface area contributed by atoms with E-state index < -0.39 is 0 Å². The molecule has 22 heavy (non-hydrogen) atoms. The molecule has 0 radical (unpaired) electrons. The van der Waals surface area contributed by atoms with E-state index in [1.807, 2.05) is 19.2 Å². The Morgan fingerprint density at radius 2 is 1.82 bits per heavy atom. The van der Waals surface area contributed by atoms with E-state index in [1.54, 1.807) is 0 Å². The summed E-state index contributed by atoms with van der Waals surface area (Å²) in [6.45, 7) is 8.45. The zero-order chi connectivity index (χ0) is 16.1. The lowest BCUT2D eigenvalue weighted by Crippen LogP contribution is -2.21. The minimum absolute atomic E-state index is 0.0673. The first kappa shape index (κ1) is 16.7. The Hall–Kier alpha value is -1.68. The summed E-state index contributed by atoms with van der Waals surface area (Å²) >= 11 is 1.48. The Bertz CT molecular complexity index is 612. The molecule has 0 saturated carbocycles. The number of rotatable bonds is 6. The van der Waals surface area contributed by atoms with Gasteiger partial charge in [-0.15, -0.1) is 11.3 Å². The molecular formula is C18H24N2OS. The van der Waals surface area contributed by atoms with E-state index in [0.29, 0.717) is 11.0 Å². The third-order valence-electron chi connectivity index (χ3n) is 3.96. The second kappa shape index (κ2) is 7.54. The highest BCUT2D eigenvalue weighted by Crippen LogP contribution is 2.27. The van der Waals surface area contributed by atoms with Crippen molar-refractivity contribution in [2.24, 2.45) is 5.92 Å². The van der Waals surface area contributed by atoms with Gasteiger partial charge in [0.15, 0.2) is 5.13 Å². The van der Waals surface area contributed by atoms with Gasteiger partial charge in [0.05, 0.1) is 5.69 Å². The normalized spacial score (nSPS) is 11.2. The van der Waals surface area contributed by atoms with Crippen molar-refractivity contribution in [3.05, 3.63) is 35.2 Å². The molecule has 0 atom stereocenters. The Labute approximate surface area is 136 Å². The van der Waals surface area contributed by atoms with Gasteiger partial charge in [-0.2, -0.15) is 0 Å². The van der Waals surface area contributed by atoms with Crippen molar-refractivity contribution < 1.29 is 4.79 Å². The van der Waals surface area contributed by atoms with E-state index in [4.69, 9.17) is 0 Å². The van der Waals surface area contributed by atoms with Crippen LogP contribution in [-0.2, 0) is 4.79 Å². The third-order valence-corrected chi connectivity index (χ3v) is 4.72. The molecule has 1 aromatic carbocycles. The molecule has 0 saturated heterocycles. The van der Waals surface area contributed by atoms with Crippen LogP contribution in [0, 0.1) is 5.92 Å². The molecule has 0 aliphatic rings. The van der Waals surface area contributed by atoms with Crippen molar-refractivity contribution in [1.29, 1.82) is 0 Å². The van der Waals surface area contributed by atoms with Gasteiger partial charge in [0.1, 0.15) is 0 Å². The SMILES string of the molecule is CCC(CC)C(=O)Nc1nc(-c2ccc(C(C)C)cc2)cs1. The van der Waals surface area contributed by atoms with Gasteiger partial charge in [-0.05, 0) is 24.3 Å². The molecule has 3 nitrogen and oxygen atoms in total. The lowest BCUT2D eigenvalue weighted by atomic mass is 10.0. The van der Waals surface area contributed by atoms with E-state index in [0.717, 1.165) is 24.1 Å². The van der Waals surface area contributed by atoms with Gasteiger partial charge in [0.25, 0.3) is 0 Å². The minimum Gasteiger partial charge on any atom is -0.302 e. The van der Waals surface area contributed by atoms with Crippen LogP contribution in [-0.4, -0.2) is 10.9 Å². The number of amides is 1. The first-order chi connectivity index (χ1) is 10.5. The number of nitrogens with one attached hydrogen (secondary N) is 1. The van der Waals surface area contributed by atoms with E-state index in [1.165, 1.54) is 16.9 Å². The van der Waals surface area contributed by atoms with Crippen molar-refractivity contribution in [2.45, 2.75) is 46.5 Å². The number of carbonyl (C=O) groups is 1. The molecule has 1 aromatic heterocycles. The van der Waals surface area contributed by atoms with Crippen LogP contribution < -0.4 is 5.32 Å². The molecule has 2 rings (SSSR count). The summed E-state index contributed by atoms with van der Waals surface area (Å²) in [5, 5.41) is 5.61. The third kappa shape index (κ3) is 3.95. The van der Waals surface area contributed by atoms with E-state index in [2.05, 4.69) is 48.4 Å².